The average Bonchev–Trinajstić information content (AvgIpc) is 3.42. The molecule has 3 aromatic rings. The summed E-state index contributed by atoms with van der Waals surface area (Å²) in [5.74, 6) is -1.18. The van der Waals surface area contributed by atoms with Crippen LogP contribution in [0.3, 0.4) is 0 Å². The minimum atomic E-state index is -0.974. The van der Waals surface area contributed by atoms with Gasteiger partial charge >= 0.3 is 0 Å². The molecule has 33 heavy (non-hydrogen) atoms. The predicted molar refractivity (Wildman–Crippen MR) is 118 cm³/mol. The van der Waals surface area contributed by atoms with Gasteiger partial charge in [0.1, 0.15) is 23.6 Å². The van der Waals surface area contributed by atoms with Crippen LogP contribution in [0.15, 0.2) is 65.4 Å². The Kier molecular flexibility index (Phi) is 5.39. The van der Waals surface area contributed by atoms with Gasteiger partial charge in [0.05, 0.1) is 18.0 Å². The SMILES string of the molecule is CN(C)Cc1ccc(-c2cc(Cn3cc4nc(-c5cccc(F)c5F)nc-4cn3)on2)cc1. The largest absolute Gasteiger partial charge is 0.359 e. The van der Waals surface area contributed by atoms with Crippen molar-refractivity contribution in [3.05, 3.63) is 83.9 Å². The molecule has 0 unspecified atom stereocenters. The van der Waals surface area contributed by atoms with Crippen LogP contribution in [0.2, 0.25) is 0 Å². The van der Waals surface area contributed by atoms with E-state index in [1.807, 2.05) is 32.3 Å². The highest BCUT2D eigenvalue weighted by molar-refractivity contribution is 5.65. The molecule has 166 valence electrons. The fraction of sp³-hybridized carbons (Fsp3) is 0.167. The number of fused-ring (bicyclic) bond motifs is 1. The number of benzene rings is 2. The van der Waals surface area contributed by atoms with Crippen LogP contribution >= 0.6 is 0 Å². The number of hydrogen-bond acceptors (Lipinski definition) is 6. The molecule has 0 atom stereocenters. The van der Waals surface area contributed by atoms with Crippen LogP contribution in [-0.4, -0.2) is 43.9 Å². The highest BCUT2D eigenvalue weighted by atomic mass is 19.2. The molecule has 0 spiro atoms. The third-order valence-corrected chi connectivity index (χ3v) is 5.13. The van der Waals surface area contributed by atoms with E-state index >= 15 is 0 Å². The van der Waals surface area contributed by atoms with E-state index in [2.05, 4.69) is 37.3 Å². The summed E-state index contributed by atoms with van der Waals surface area (Å²) in [6.45, 7) is 1.20. The van der Waals surface area contributed by atoms with E-state index in [0.717, 1.165) is 23.9 Å². The molecule has 0 N–H and O–H groups in total. The molecule has 0 saturated carbocycles. The first-order valence-electron chi connectivity index (χ1n) is 10.3. The van der Waals surface area contributed by atoms with E-state index in [-0.39, 0.29) is 11.4 Å². The van der Waals surface area contributed by atoms with E-state index in [1.165, 1.54) is 23.9 Å². The number of halogens is 2. The molecule has 9 heteroatoms. The van der Waals surface area contributed by atoms with Gasteiger partial charge in [-0.3, -0.25) is 4.68 Å². The van der Waals surface area contributed by atoms with E-state index < -0.39 is 11.6 Å². The zero-order valence-electron chi connectivity index (χ0n) is 18.0. The van der Waals surface area contributed by atoms with E-state index in [0.29, 0.717) is 23.7 Å². The second-order valence-electron chi connectivity index (χ2n) is 8.00. The second-order valence-corrected chi connectivity index (χ2v) is 8.00. The summed E-state index contributed by atoms with van der Waals surface area (Å²) in [5.41, 5.74) is 3.92. The number of rotatable bonds is 6. The Balaban J connectivity index is 1.35. The molecular formula is C24H20F2N6O. The van der Waals surface area contributed by atoms with Crippen molar-refractivity contribution in [3.63, 3.8) is 0 Å². The first-order valence-corrected chi connectivity index (χ1v) is 10.3. The van der Waals surface area contributed by atoms with Gasteiger partial charge in [0.25, 0.3) is 0 Å². The van der Waals surface area contributed by atoms with Crippen molar-refractivity contribution in [2.75, 3.05) is 14.1 Å². The molecule has 0 radical (unpaired) electrons. The van der Waals surface area contributed by atoms with Crippen LogP contribution in [0, 0.1) is 11.6 Å². The lowest BCUT2D eigenvalue weighted by Crippen LogP contribution is -2.10. The molecule has 2 aliphatic rings. The number of aromatic nitrogens is 5. The summed E-state index contributed by atoms with van der Waals surface area (Å²) in [6.07, 6.45) is 3.21. The van der Waals surface area contributed by atoms with Crippen molar-refractivity contribution in [3.8, 4) is 34.0 Å². The Morgan fingerprint density at radius 2 is 1.76 bits per heavy atom. The van der Waals surface area contributed by atoms with Gasteiger partial charge in [-0.25, -0.2) is 18.7 Å². The summed E-state index contributed by atoms with van der Waals surface area (Å²) < 4.78 is 34.8. The summed E-state index contributed by atoms with van der Waals surface area (Å²) in [5, 5.41) is 8.49. The molecule has 0 fully saturated rings. The molecule has 2 aromatic carbocycles. The minimum Gasteiger partial charge on any atom is -0.359 e. The summed E-state index contributed by atoms with van der Waals surface area (Å²) in [4.78, 5) is 10.7. The number of imidazole rings is 1. The van der Waals surface area contributed by atoms with Gasteiger partial charge < -0.3 is 9.42 Å². The topological polar surface area (TPSA) is 72.9 Å². The Bertz CT molecular complexity index is 1380. The molecule has 0 saturated heterocycles. The van der Waals surface area contributed by atoms with Crippen LogP contribution in [0.1, 0.15) is 11.3 Å². The Labute approximate surface area is 188 Å². The molecular weight excluding hydrogens is 426 g/mol. The zero-order valence-corrected chi connectivity index (χ0v) is 18.0. The third kappa shape index (κ3) is 4.35. The average molecular weight is 446 g/mol. The maximum atomic E-state index is 14.1. The fourth-order valence-corrected chi connectivity index (χ4v) is 3.57. The third-order valence-electron chi connectivity index (χ3n) is 5.13. The molecule has 0 aliphatic carbocycles. The van der Waals surface area contributed by atoms with Gasteiger partial charge in [0.15, 0.2) is 23.2 Å². The molecule has 2 aliphatic heterocycles. The number of nitrogens with zero attached hydrogens (tertiary/aromatic N) is 6. The van der Waals surface area contributed by atoms with Gasteiger partial charge in [-0.15, -0.1) is 0 Å². The van der Waals surface area contributed by atoms with Crippen LogP contribution in [0.5, 0.6) is 0 Å². The highest BCUT2D eigenvalue weighted by Gasteiger charge is 2.18. The Morgan fingerprint density at radius 3 is 2.55 bits per heavy atom. The van der Waals surface area contributed by atoms with Crippen molar-refractivity contribution >= 4 is 0 Å². The summed E-state index contributed by atoms with van der Waals surface area (Å²) >= 11 is 0. The van der Waals surface area contributed by atoms with Crippen LogP contribution < -0.4 is 0 Å². The lowest BCUT2D eigenvalue weighted by molar-refractivity contribution is 0.372. The van der Waals surface area contributed by atoms with Gasteiger partial charge in [-0.1, -0.05) is 35.5 Å². The Hall–Kier alpha value is -3.98. The predicted octanol–water partition coefficient (Wildman–Crippen LogP) is 4.49. The molecule has 1 aromatic heterocycles. The summed E-state index contributed by atoms with van der Waals surface area (Å²) in [6, 6.07) is 14.0. The monoisotopic (exact) mass is 446 g/mol. The van der Waals surface area contributed by atoms with E-state index in [4.69, 9.17) is 4.52 Å². The van der Waals surface area contributed by atoms with Crippen LogP contribution in [-0.2, 0) is 13.1 Å². The van der Waals surface area contributed by atoms with Crippen LogP contribution in [0.25, 0.3) is 34.0 Å². The smallest absolute Gasteiger partial charge is 0.169 e. The van der Waals surface area contributed by atoms with Crippen molar-refractivity contribution in [2.45, 2.75) is 13.1 Å². The normalized spacial score (nSPS) is 11.5. The van der Waals surface area contributed by atoms with Crippen molar-refractivity contribution in [1.29, 1.82) is 0 Å². The standard InChI is InChI=1S/C24H20F2N6O/c1-31(2)12-15-6-8-16(9-7-15)20-10-17(33-30-20)13-32-14-22-21(11-27-32)28-24(29-22)18-4-3-5-19(25)23(18)26/h3-11,14H,12-13H2,1-2H3. The summed E-state index contributed by atoms with van der Waals surface area (Å²) in [7, 11) is 4.06. The van der Waals surface area contributed by atoms with Gasteiger partial charge in [0, 0.05) is 18.2 Å². The first kappa shape index (κ1) is 20.9. The van der Waals surface area contributed by atoms with Crippen molar-refractivity contribution < 1.29 is 13.3 Å². The molecule has 5 rings (SSSR count). The zero-order chi connectivity index (χ0) is 22.9. The van der Waals surface area contributed by atoms with Crippen LogP contribution in [0.4, 0.5) is 8.78 Å². The molecule has 3 heterocycles. The van der Waals surface area contributed by atoms with Gasteiger partial charge in [-0.05, 0) is 31.8 Å². The minimum absolute atomic E-state index is 0.00854. The number of hydrogen-bond donors (Lipinski definition) is 0. The maximum absolute atomic E-state index is 14.1. The van der Waals surface area contributed by atoms with Gasteiger partial charge in [-0.2, -0.15) is 5.10 Å². The molecule has 0 bridgehead atoms. The first-order chi connectivity index (χ1) is 16.0. The van der Waals surface area contributed by atoms with Gasteiger partial charge in [0.2, 0.25) is 0 Å². The lowest BCUT2D eigenvalue weighted by Gasteiger charge is -2.09. The molecule has 0 amide bonds. The van der Waals surface area contributed by atoms with Crippen molar-refractivity contribution in [1.82, 2.24) is 29.8 Å². The fourth-order valence-electron chi connectivity index (χ4n) is 3.57. The lowest BCUT2D eigenvalue weighted by atomic mass is 10.1. The quantitative estimate of drug-likeness (QED) is 0.383. The van der Waals surface area contributed by atoms with E-state index in [1.54, 1.807) is 10.9 Å². The maximum Gasteiger partial charge on any atom is 0.169 e. The van der Waals surface area contributed by atoms with Crippen molar-refractivity contribution in [2.24, 2.45) is 0 Å². The second kappa shape index (κ2) is 8.51. The Morgan fingerprint density at radius 1 is 0.970 bits per heavy atom. The van der Waals surface area contributed by atoms with E-state index in [9.17, 15) is 8.78 Å². The molecule has 7 nitrogen and oxygen atoms in total. The highest BCUT2D eigenvalue weighted by Crippen LogP contribution is 2.27.